The second-order valence-corrected chi connectivity index (χ2v) is 8.36. The smallest absolute Gasteiger partial charge is 0.322 e. The summed E-state index contributed by atoms with van der Waals surface area (Å²) < 4.78 is 33.1. The lowest BCUT2D eigenvalue weighted by atomic mass is 10.1. The van der Waals surface area contributed by atoms with E-state index >= 15 is 0 Å². The van der Waals surface area contributed by atoms with Gasteiger partial charge in [-0.2, -0.15) is 4.72 Å². The van der Waals surface area contributed by atoms with Crippen LogP contribution in [0.3, 0.4) is 0 Å². The van der Waals surface area contributed by atoms with Crippen LogP contribution in [0.15, 0.2) is 58.6 Å². The van der Waals surface area contributed by atoms with Gasteiger partial charge in [0.05, 0.1) is 11.5 Å². The van der Waals surface area contributed by atoms with E-state index in [9.17, 15) is 18.3 Å². The van der Waals surface area contributed by atoms with E-state index < -0.39 is 22.0 Å². The Bertz CT molecular complexity index is 1000. The van der Waals surface area contributed by atoms with E-state index in [2.05, 4.69) is 9.88 Å². The number of benzene rings is 2. The van der Waals surface area contributed by atoms with Crippen molar-refractivity contribution in [1.82, 2.24) is 4.72 Å². The lowest BCUT2D eigenvalue weighted by molar-refractivity contribution is -0.138. The highest BCUT2D eigenvalue weighted by Crippen LogP contribution is 2.17. The fraction of sp³-hybridized carbons (Fsp3) is 0.300. The van der Waals surface area contributed by atoms with Crippen LogP contribution in [0.4, 0.5) is 0 Å². The van der Waals surface area contributed by atoms with Crippen molar-refractivity contribution in [2.45, 2.75) is 30.7 Å². The van der Waals surface area contributed by atoms with Crippen LogP contribution in [0.25, 0.3) is 0 Å². The van der Waals surface area contributed by atoms with Crippen molar-refractivity contribution in [3.63, 3.8) is 0 Å². The number of nitrogens with one attached hydrogen (secondary N) is 1. The highest BCUT2D eigenvalue weighted by Gasteiger charge is 2.26. The summed E-state index contributed by atoms with van der Waals surface area (Å²) in [6, 6.07) is 11.8. The first-order valence-electron chi connectivity index (χ1n) is 9.42. The molecule has 31 heavy (non-hydrogen) atoms. The number of carboxylic acids is 1. The summed E-state index contributed by atoms with van der Waals surface area (Å²) in [7, 11) is -3.98. The van der Waals surface area contributed by atoms with Crippen LogP contribution in [0.1, 0.15) is 17.5 Å². The summed E-state index contributed by atoms with van der Waals surface area (Å²) in [6.45, 7) is 2.31. The maximum atomic E-state index is 12.6. The molecule has 0 saturated carbocycles. The number of ether oxygens (including phenoxy) is 1. The monoisotopic (exact) mass is 450 g/mol. The zero-order chi connectivity index (χ0) is 22.9. The lowest BCUT2D eigenvalue weighted by Crippen LogP contribution is -2.42. The summed E-state index contributed by atoms with van der Waals surface area (Å²) >= 11 is 0. The van der Waals surface area contributed by atoms with Gasteiger partial charge in [-0.25, -0.2) is 8.42 Å². The molecular weight excluding hydrogens is 424 g/mol. The molecule has 6 N–H and O–H groups in total. The number of carbonyl (C=O) groups is 1. The van der Waals surface area contributed by atoms with Gasteiger partial charge in [0.15, 0.2) is 0 Å². The third-order valence-corrected chi connectivity index (χ3v) is 5.79. The predicted molar refractivity (Wildman–Crippen MR) is 115 cm³/mol. The minimum absolute atomic E-state index is 0.0208. The molecule has 0 fully saturated rings. The number of sulfonamides is 1. The van der Waals surface area contributed by atoms with Gasteiger partial charge in [0.25, 0.3) is 0 Å². The number of carboxylic acid groups (broad SMARTS) is 1. The van der Waals surface area contributed by atoms with Crippen molar-refractivity contribution in [1.29, 1.82) is 0 Å². The SMILES string of the molecule is Cc1ccccc1S(=O)(=O)N[C@@H](Cc1ccc(OCCCON=C(N)N)cc1)C(=O)O. The average molecular weight is 451 g/mol. The molecule has 0 heterocycles. The first kappa shape index (κ1) is 24.0. The minimum atomic E-state index is -3.98. The zero-order valence-corrected chi connectivity index (χ0v) is 17.8. The molecule has 0 saturated heterocycles. The third kappa shape index (κ3) is 7.79. The zero-order valence-electron chi connectivity index (χ0n) is 17.0. The largest absolute Gasteiger partial charge is 0.493 e. The summed E-state index contributed by atoms with van der Waals surface area (Å²) in [5, 5.41) is 12.9. The van der Waals surface area contributed by atoms with E-state index in [1.807, 2.05) is 0 Å². The molecule has 0 bridgehead atoms. The molecule has 1 atom stereocenters. The van der Waals surface area contributed by atoms with Crippen molar-refractivity contribution < 1.29 is 27.9 Å². The number of aryl methyl sites for hydroxylation is 1. The van der Waals surface area contributed by atoms with Gasteiger partial charge in [-0.1, -0.05) is 30.3 Å². The number of guanidine groups is 1. The molecule has 0 amide bonds. The van der Waals surface area contributed by atoms with Crippen molar-refractivity contribution in [3.05, 3.63) is 59.7 Å². The summed E-state index contributed by atoms with van der Waals surface area (Å²) in [6.07, 6.45) is 0.535. The predicted octanol–water partition coefficient (Wildman–Crippen LogP) is 0.943. The molecule has 0 unspecified atom stereocenters. The number of nitrogens with zero attached hydrogens (tertiary/aromatic N) is 1. The minimum Gasteiger partial charge on any atom is -0.493 e. The van der Waals surface area contributed by atoms with Gasteiger partial charge in [-0.15, -0.1) is 0 Å². The molecule has 0 aliphatic carbocycles. The van der Waals surface area contributed by atoms with Crippen LogP contribution < -0.4 is 20.9 Å². The Morgan fingerprint density at radius 3 is 2.42 bits per heavy atom. The summed E-state index contributed by atoms with van der Waals surface area (Å²) in [4.78, 5) is 16.5. The molecule has 0 aliphatic heterocycles. The molecule has 168 valence electrons. The first-order chi connectivity index (χ1) is 14.7. The van der Waals surface area contributed by atoms with Crippen LogP contribution in [-0.4, -0.2) is 44.7 Å². The van der Waals surface area contributed by atoms with Gasteiger partial charge in [-0.05, 0) is 47.8 Å². The van der Waals surface area contributed by atoms with E-state index in [1.165, 1.54) is 6.07 Å². The van der Waals surface area contributed by atoms with Crippen LogP contribution in [0.5, 0.6) is 5.75 Å². The van der Waals surface area contributed by atoms with Gasteiger partial charge in [0.2, 0.25) is 16.0 Å². The molecule has 0 radical (unpaired) electrons. The molecule has 10 nitrogen and oxygen atoms in total. The second-order valence-electron chi connectivity index (χ2n) is 6.68. The Balaban J connectivity index is 1.94. The van der Waals surface area contributed by atoms with Gasteiger partial charge in [-0.3, -0.25) is 4.79 Å². The van der Waals surface area contributed by atoms with Crippen LogP contribution >= 0.6 is 0 Å². The van der Waals surface area contributed by atoms with E-state index in [0.29, 0.717) is 29.9 Å². The maximum absolute atomic E-state index is 12.6. The van der Waals surface area contributed by atoms with E-state index in [-0.39, 0.29) is 23.9 Å². The number of hydrogen-bond acceptors (Lipinski definition) is 6. The fourth-order valence-corrected chi connectivity index (χ4v) is 4.11. The van der Waals surface area contributed by atoms with Crippen molar-refractivity contribution in [2.24, 2.45) is 16.6 Å². The Kier molecular flexibility index (Phi) is 8.64. The van der Waals surface area contributed by atoms with Crippen molar-refractivity contribution >= 4 is 22.0 Å². The van der Waals surface area contributed by atoms with Gasteiger partial charge >= 0.3 is 5.97 Å². The first-order valence-corrected chi connectivity index (χ1v) is 10.9. The fourth-order valence-electron chi connectivity index (χ4n) is 2.68. The lowest BCUT2D eigenvalue weighted by Gasteiger charge is -2.16. The molecule has 0 spiro atoms. The number of nitrogens with two attached hydrogens (primary N) is 2. The van der Waals surface area contributed by atoms with Crippen LogP contribution in [0.2, 0.25) is 0 Å². The van der Waals surface area contributed by atoms with E-state index in [0.717, 1.165) is 0 Å². The highest BCUT2D eigenvalue weighted by atomic mass is 32.2. The number of hydrogen-bond donors (Lipinski definition) is 4. The Morgan fingerprint density at radius 2 is 1.81 bits per heavy atom. The molecule has 0 aliphatic rings. The summed E-state index contributed by atoms with van der Waals surface area (Å²) in [5.41, 5.74) is 11.4. The molecular formula is C20H26N4O6S. The van der Waals surface area contributed by atoms with Gasteiger partial charge in [0.1, 0.15) is 18.4 Å². The van der Waals surface area contributed by atoms with E-state index in [1.54, 1.807) is 49.4 Å². The van der Waals surface area contributed by atoms with Gasteiger partial charge < -0.3 is 26.1 Å². The van der Waals surface area contributed by atoms with Crippen LogP contribution in [-0.2, 0) is 26.1 Å². The third-order valence-electron chi connectivity index (χ3n) is 4.16. The molecule has 0 aromatic heterocycles. The Hall–Kier alpha value is -3.31. The van der Waals surface area contributed by atoms with E-state index in [4.69, 9.17) is 21.0 Å². The molecule has 11 heteroatoms. The average Bonchev–Trinajstić information content (AvgIpc) is 2.71. The van der Waals surface area contributed by atoms with Crippen molar-refractivity contribution in [2.75, 3.05) is 13.2 Å². The molecule has 2 aromatic rings. The molecule has 2 aromatic carbocycles. The van der Waals surface area contributed by atoms with Gasteiger partial charge in [0, 0.05) is 6.42 Å². The number of rotatable bonds is 12. The maximum Gasteiger partial charge on any atom is 0.322 e. The normalized spacial score (nSPS) is 12.0. The Labute approximate surface area is 180 Å². The quantitative estimate of drug-likeness (QED) is 0.160. The topological polar surface area (TPSA) is 166 Å². The summed E-state index contributed by atoms with van der Waals surface area (Å²) in [5.74, 6) is -0.839. The standard InChI is InChI=1S/C20H26N4O6S/c1-14-5-2-3-6-18(14)31(27,28)24-17(19(25)26)13-15-7-9-16(10-8-15)29-11-4-12-30-23-20(21)22/h2-3,5-10,17,24H,4,11-13H2,1H3,(H,25,26)(H4,21,22,23)/t17-/m0/s1. The van der Waals surface area contributed by atoms with Crippen LogP contribution in [0, 0.1) is 6.92 Å². The number of oxime groups is 1. The van der Waals surface area contributed by atoms with Crippen molar-refractivity contribution in [3.8, 4) is 5.75 Å². The number of aliphatic carboxylic acids is 1. The molecule has 2 rings (SSSR count). The second kappa shape index (κ2) is 11.2. The Morgan fingerprint density at radius 1 is 1.13 bits per heavy atom. The highest BCUT2D eigenvalue weighted by molar-refractivity contribution is 7.89.